The molecule has 4 rings (SSSR count). The van der Waals surface area contributed by atoms with Crippen LogP contribution in [0.5, 0.6) is 23.0 Å². The number of hydrogen-bond acceptors (Lipinski definition) is 7. The molecule has 41 heavy (non-hydrogen) atoms. The molecule has 0 radical (unpaired) electrons. The summed E-state index contributed by atoms with van der Waals surface area (Å²) < 4.78 is 23.3. The van der Waals surface area contributed by atoms with Crippen LogP contribution in [0, 0.1) is 9.49 Å². The minimum absolute atomic E-state index is 0.106. The summed E-state index contributed by atoms with van der Waals surface area (Å²) in [6.45, 7) is 6.29. The normalized spacial score (nSPS) is 12.9. The van der Waals surface area contributed by atoms with E-state index < -0.39 is 17.9 Å². The smallest absolute Gasteiger partial charge is 0.262 e. The number of benzene rings is 3. The van der Waals surface area contributed by atoms with Gasteiger partial charge < -0.3 is 24.3 Å². The molecule has 0 spiro atoms. The Morgan fingerprint density at radius 1 is 1.07 bits per heavy atom. The van der Waals surface area contributed by atoms with Crippen molar-refractivity contribution in [2.75, 3.05) is 13.4 Å². The molecule has 1 heterocycles. The number of rotatable bonds is 11. The molecule has 12 heteroatoms. The SMILES string of the molecule is CCOc1cc(/C=N/NC(=O)[C@@H](NC(=O)c2ccc3c(c2)OCO3)C(C)C)cc(I)c1OCc1ccc(Cl)cc1Cl. The highest BCUT2D eigenvalue weighted by molar-refractivity contribution is 14.1. The van der Waals surface area contributed by atoms with Crippen molar-refractivity contribution in [2.24, 2.45) is 11.0 Å². The van der Waals surface area contributed by atoms with Gasteiger partial charge in [-0.1, -0.05) is 43.1 Å². The number of amides is 2. The van der Waals surface area contributed by atoms with E-state index in [1.807, 2.05) is 32.9 Å². The molecule has 0 saturated heterocycles. The van der Waals surface area contributed by atoms with E-state index >= 15 is 0 Å². The second-order valence-corrected chi connectivity index (χ2v) is 11.3. The highest BCUT2D eigenvalue weighted by Gasteiger charge is 2.25. The maximum Gasteiger partial charge on any atom is 0.262 e. The largest absolute Gasteiger partial charge is 0.490 e. The predicted octanol–water partition coefficient (Wildman–Crippen LogP) is 6.21. The van der Waals surface area contributed by atoms with Crippen LogP contribution in [0.15, 0.2) is 53.6 Å². The van der Waals surface area contributed by atoms with Crippen molar-refractivity contribution in [2.45, 2.75) is 33.4 Å². The van der Waals surface area contributed by atoms with Crippen LogP contribution in [0.4, 0.5) is 0 Å². The Kier molecular flexibility index (Phi) is 10.6. The maximum absolute atomic E-state index is 12.9. The van der Waals surface area contributed by atoms with E-state index in [1.54, 1.807) is 36.4 Å². The van der Waals surface area contributed by atoms with Crippen LogP contribution < -0.4 is 29.7 Å². The number of nitrogens with zero attached hydrogens (tertiary/aromatic N) is 1. The lowest BCUT2D eigenvalue weighted by molar-refractivity contribution is -0.123. The standard InChI is InChI=1S/C29H28Cl2IN3O6/c1-4-38-25-10-17(9-22(32)27(25)39-14-19-5-7-20(30)12-21(19)31)13-33-35-29(37)26(16(2)3)34-28(36)18-6-8-23-24(11-18)41-15-40-23/h5-13,16,26H,4,14-15H2,1-3H3,(H,34,36)(H,35,37)/b33-13+/t26-/m0/s1. The lowest BCUT2D eigenvalue weighted by Gasteiger charge is -2.20. The fourth-order valence-electron chi connectivity index (χ4n) is 3.89. The van der Waals surface area contributed by atoms with Crippen molar-refractivity contribution in [3.05, 3.63) is 78.8 Å². The van der Waals surface area contributed by atoms with Crippen molar-refractivity contribution in [1.82, 2.24) is 10.7 Å². The first-order valence-electron chi connectivity index (χ1n) is 12.7. The minimum Gasteiger partial charge on any atom is -0.490 e. The molecule has 3 aromatic carbocycles. The van der Waals surface area contributed by atoms with Gasteiger partial charge in [0.25, 0.3) is 11.8 Å². The van der Waals surface area contributed by atoms with E-state index in [0.29, 0.717) is 50.8 Å². The zero-order valence-corrected chi connectivity index (χ0v) is 26.2. The lowest BCUT2D eigenvalue weighted by Crippen LogP contribution is -2.48. The third-order valence-electron chi connectivity index (χ3n) is 5.98. The minimum atomic E-state index is -0.820. The molecule has 2 N–H and O–H groups in total. The summed E-state index contributed by atoms with van der Waals surface area (Å²) >= 11 is 14.4. The molecule has 0 saturated carbocycles. The number of halogens is 3. The molecule has 0 unspecified atom stereocenters. The van der Waals surface area contributed by atoms with Gasteiger partial charge in [0, 0.05) is 21.2 Å². The molecule has 0 aromatic heterocycles. The van der Waals surface area contributed by atoms with Crippen molar-refractivity contribution < 1.29 is 28.5 Å². The maximum atomic E-state index is 12.9. The fourth-order valence-corrected chi connectivity index (χ4v) is 5.14. The first-order valence-corrected chi connectivity index (χ1v) is 14.6. The van der Waals surface area contributed by atoms with Crippen molar-refractivity contribution >= 4 is 63.8 Å². The highest BCUT2D eigenvalue weighted by atomic mass is 127. The average Bonchev–Trinajstić information content (AvgIpc) is 3.40. The van der Waals surface area contributed by atoms with Crippen LogP contribution in [0.1, 0.15) is 42.3 Å². The van der Waals surface area contributed by atoms with Gasteiger partial charge in [-0.3, -0.25) is 9.59 Å². The van der Waals surface area contributed by atoms with Gasteiger partial charge in [0.1, 0.15) is 12.6 Å². The lowest BCUT2D eigenvalue weighted by atomic mass is 10.0. The van der Waals surface area contributed by atoms with Gasteiger partial charge in [0.15, 0.2) is 23.0 Å². The summed E-state index contributed by atoms with van der Waals surface area (Å²) in [7, 11) is 0. The number of carbonyl (C=O) groups is 2. The van der Waals surface area contributed by atoms with Gasteiger partial charge >= 0.3 is 0 Å². The van der Waals surface area contributed by atoms with E-state index in [9.17, 15) is 9.59 Å². The van der Waals surface area contributed by atoms with E-state index in [-0.39, 0.29) is 19.3 Å². The van der Waals surface area contributed by atoms with Gasteiger partial charge in [0.2, 0.25) is 6.79 Å². The second-order valence-electron chi connectivity index (χ2n) is 9.28. The molecule has 216 valence electrons. The van der Waals surface area contributed by atoms with Gasteiger partial charge in [0.05, 0.1) is 16.4 Å². The van der Waals surface area contributed by atoms with Gasteiger partial charge in [-0.25, -0.2) is 5.43 Å². The van der Waals surface area contributed by atoms with E-state index in [0.717, 1.165) is 9.13 Å². The van der Waals surface area contributed by atoms with Crippen LogP contribution in [0.3, 0.4) is 0 Å². The summed E-state index contributed by atoms with van der Waals surface area (Å²) in [5, 5.41) is 7.95. The number of hydrazone groups is 1. The molecule has 1 aliphatic rings. The third kappa shape index (κ3) is 7.96. The zero-order valence-electron chi connectivity index (χ0n) is 22.5. The Morgan fingerprint density at radius 3 is 2.59 bits per heavy atom. The summed E-state index contributed by atoms with van der Waals surface area (Å²) in [6, 6.07) is 12.9. The summed E-state index contributed by atoms with van der Waals surface area (Å²) in [5.41, 5.74) is 4.35. The molecule has 3 aromatic rings. The highest BCUT2D eigenvalue weighted by Crippen LogP contribution is 2.35. The molecule has 0 bridgehead atoms. The molecule has 1 atom stereocenters. The number of nitrogens with one attached hydrogen (secondary N) is 2. The van der Waals surface area contributed by atoms with Crippen LogP contribution in [0.2, 0.25) is 10.0 Å². The number of ether oxygens (including phenoxy) is 4. The van der Waals surface area contributed by atoms with Gasteiger partial charge in [-0.05, 0) is 83.5 Å². The molecular weight excluding hydrogens is 684 g/mol. The number of fused-ring (bicyclic) bond motifs is 1. The van der Waals surface area contributed by atoms with Gasteiger partial charge in [-0.2, -0.15) is 5.10 Å². The van der Waals surface area contributed by atoms with Crippen LogP contribution in [-0.4, -0.2) is 37.5 Å². The van der Waals surface area contributed by atoms with Crippen molar-refractivity contribution in [1.29, 1.82) is 0 Å². The predicted molar refractivity (Wildman–Crippen MR) is 166 cm³/mol. The molecule has 2 amide bonds. The van der Waals surface area contributed by atoms with Crippen LogP contribution >= 0.6 is 45.8 Å². The first kappa shape index (κ1) is 30.7. The van der Waals surface area contributed by atoms with E-state index in [1.165, 1.54) is 6.21 Å². The Balaban J connectivity index is 1.42. The third-order valence-corrected chi connectivity index (χ3v) is 7.37. The first-order chi connectivity index (χ1) is 19.7. The van der Waals surface area contributed by atoms with E-state index in [4.69, 9.17) is 42.1 Å². The molecular formula is C29H28Cl2IN3O6. The average molecular weight is 712 g/mol. The topological polar surface area (TPSA) is 107 Å². The Morgan fingerprint density at radius 2 is 1.85 bits per heavy atom. The fraction of sp³-hybridized carbons (Fsp3) is 0.276. The molecule has 9 nitrogen and oxygen atoms in total. The Labute approximate surface area is 261 Å². The summed E-state index contributed by atoms with van der Waals surface area (Å²) in [4.78, 5) is 25.8. The van der Waals surface area contributed by atoms with Crippen LogP contribution in [-0.2, 0) is 11.4 Å². The van der Waals surface area contributed by atoms with Crippen molar-refractivity contribution in [3.63, 3.8) is 0 Å². The molecule has 0 fully saturated rings. The van der Waals surface area contributed by atoms with Gasteiger partial charge in [-0.15, -0.1) is 0 Å². The van der Waals surface area contributed by atoms with Crippen LogP contribution in [0.25, 0.3) is 0 Å². The molecule has 1 aliphatic heterocycles. The number of carbonyl (C=O) groups excluding carboxylic acids is 2. The van der Waals surface area contributed by atoms with Crippen molar-refractivity contribution in [3.8, 4) is 23.0 Å². The zero-order chi connectivity index (χ0) is 29.5. The Hall–Kier alpha value is -3.22. The molecule has 0 aliphatic carbocycles. The van der Waals surface area contributed by atoms with E-state index in [2.05, 4.69) is 38.4 Å². The quantitative estimate of drug-likeness (QED) is 0.139. The summed E-state index contributed by atoms with van der Waals surface area (Å²) in [6.07, 6.45) is 1.50. The Bertz CT molecular complexity index is 1470. The summed E-state index contributed by atoms with van der Waals surface area (Å²) in [5.74, 6) is 1.08. The second kappa shape index (κ2) is 14.1. The monoisotopic (exact) mass is 711 g/mol. The number of hydrogen-bond donors (Lipinski definition) is 2.